The topological polar surface area (TPSA) is 50.4 Å². The highest BCUT2D eigenvalue weighted by molar-refractivity contribution is 5.73. The van der Waals surface area contributed by atoms with Crippen LogP contribution in [0.3, 0.4) is 0 Å². The maximum absolute atomic E-state index is 10.7. The van der Waals surface area contributed by atoms with Gasteiger partial charge in [-0.15, -0.1) is 0 Å². The van der Waals surface area contributed by atoms with Gasteiger partial charge in [-0.2, -0.15) is 0 Å². The van der Waals surface area contributed by atoms with Gasteiger partial charge in [0.15, 0.2) is 0 Å². The minimum Gasteiger partial charge on any atom is -0.378 e. The first-order valence-electron chi connectivity index (χ1n) is 4.77. The number of hydrogen-bond acceptors (Lipinski definition) is 2. The molecule has 2 N–H and O–H groups in total. The van der Waals surface area contributed by atoms with E-state index < -0.39 is 0 Å². The van der Waals surface area contributed by atoms with Crippen molar-refractivity contribution in [3.05, 3.63) is 0 Å². The largest absolute Gasteiger partial charge is 0.378 e. The standard InChI is InChI=1S/C9H20N2O2/c1-4-8(2)13-7-5-6-11-9(12)10-3/h8H,4-7H2,1-3H3,(H2,10,11,12). The van der Waals surface area contributed by atoms with Crippen molar-refractivity contribution in [2.45, 2.75) is 32.8 Å². The number of nitrogens with one attached hydrogen (secondary N) is 2. The average molecular weight is 188 g/mol. The van der Waals surface area contributed by atoms with E-state index in [1.54, 1.807) is 7.05 Å². The fraction of sp³-hybridized carbons (Fsp3) is 0.889. The molecule has 0 aliphatic rings. The molecule has 0 radical (unpaired) electrons. The van der Waals surface area contributed by atoms with Crippen molar-refractivity contribution >= 4 is 6.03 Å². The highest BCUT2D eigenvalue weighted by atomic mass is 16.5. The summed E-state index contributed by atoms with van der Waals surface area (Å²) in [5.41, 5.74) is 0. The van der Waals surface area contributed by atoms with E-state index in [0.717, 1.165) is 12.8 Å². The van der Waals surface area contributed by atoms with Crippen LogP contribution in [0.15, 0.2) is 0 Å². The summed E-state index contributed by atoms with van der Waals surface area (Å²) in [5, 5.41) is 5.18. The number of urea groups is 1. The lowest BCUT2D eigenvalue weighted by atomic mass is 10.3. The van der Waals surface area contributed by atoms with Crippen molar-refractivity contribution in [2.24, 2.45) is 0 Å². The molecule has 4 nitrogen and oxygen atoms in total. The van der Waals surface area contributed by atoms with Crippen LogP contribution in [0.1, 0.15) is 26.7 Å². The number of carbonyl (C=O) groups excluding carboxylic acids is 1. The van der Waals surface area contributed by atoms with Crippen LogP contribution in [0.4, 0.5) is 4.79 Å². The van der Waals surface area contributed by atoms with Crippen molar-refractivity contribution < 1.29 is 9.53 Å². The van der Waals surface area contributed by atoms with E-state index in [-0.39, 0.29) is 6.03 Å². The van der Waals surface area contributed by atoms with E-state index in [2.05, 4.69) is 17.6 Å². The van der Waals surface area contributed by atoms with E-state index in [1.165, 1.54) is 0 Å². The normalized spacial score (nSPS) is 12.2. The third-order valence-electron chi connectivity index (χ3n) is 1.81. The highest BCUT2D eigenvalue weighted by Crippen LogP contribution is 1.95. The van der Waals surface area contributed by atoms with E-state index in [0.29, 0.717) is 19.3 Å². The second-order valence-electron chi connectivity index (χ2n) is 2.95. The Balaban J connectivity index is 3.12. The molecule has 1 unspecified atom stereocenters. The van der Waals surface area contributed by atoms with Crippen LogP contribution in [0, 0.1) is 0 Å². The Labute approximate surface area is 80.0 Å². The predicted molar refractivity (Wildman–Crippen MR) is 52.8 cm³/mol. The molecule has 0 bridgehead atoms. The van der Waals surface area contributed by atoms with E-state index in [9.17, 15) is 4.79 Å². The minimum atomic E-state index is -0.136. The molecule has 0 aliphatic carbocycles. The number of hydrogen-bond donors (Lipinski definition) is 2. The first kappa shape index (κ1) is 12.2. The third-order valence-corrected chi connectivity index (χ3v) is 1.81. The van der Waals surface area contributed by atoms with Crippen molar-refractivity contribution in [2.75, 3.05) is 20.2 Å². The Morgan fingerprint density at radius 3 is 2.77 bits per heavy atom. The maximum atomic E-state index is 10.7. The Bertz CT molecular complexity index is 140. The van der Waals surface area contributed by atoms with Gasteiger partial charge in [0, 0.05) is 20.2 Å². The van der Waals surface area contributed by atoms with Crippen LogP contribution in [0.25, 0.3) is 0 Å². The van der Waals surface area contributed by atoms with Gasteiger partial charge in [-0.25, -0.2) is 4.79 Å². The zero-order valence-corrected chi connectivity index (χ0v) is 8.72. The smallest absolute Gasteiger partial charge is 0.314 e. The molecule has 0 aliphatic heterocycles. The van der Waals surface area contributed by atoms with Gasteiger partial charge in [0.25, 0.3) is 0 Å². The summed E-state index contributed by atoms with van der Waals surface area (Å²) in [6.45, 7) is 5.51. The molecule has 0 fully saturated rings. The molecule has 0 aromatic heterocycles. The van der Waals surface area contributed by atoms with Crippen LogP contribution in [-0.2, 0) is 4.74 Å². The molecule has 0 saturated heterocycles. The molecule has 0 saturated carbocycles. The van der Waals surface area contributed by atoms with Gasteiger partial charge in [0.1, 0.15) is 0 Å². The van der Waals surface area contributed by atoms with Crippen molar-refractivity contribution in [3.63, 3.8) is 0 Å². The lowest BCUT2D eigenvalue weighted by molar-refractivity contribution is 0.0624. The van der Waals surface area contributed by atoms with Crippen molar-refractivity contribution in [1.29, 1.82) is 0 Å². The zero-order chi connectivity index (χ0) is 10.1. The van der Waals surface area contributed by atoms with Crippen LogP contribution < -0.4 is 10.6 Å². The Hall–Kier alpha value is -0.770. The SMILES string of the molecule is CCC(C)OCCCNC(=O)NC. The van der Waals surface area contributed by atoms with Crippen molar-refractivity contribution in [3.8, 4) is 0 Å². The first-order chi connectivity index (χ1) is 6.20. The second-order valence-corrected chi connectivity index (χ2v) is 2.95. The van der Waals surface area contributed by atoms with Crippen LogP contribution in [0.5, 0.6) is 0 Å². The molecule has 0 aromatic carbocycles. The van der Waals surface area contributed by atoms with Gasteiger partial charge in [0.05, 0.1) is 6.10 Å². The molecular weight excluding hydrogens is 168 g/mol. The molecule has 1 atom stereocenters. The summed E-state index contributed by atoms with van der Waals surface area (Å²) in [5.74, 6) is 0. The number of ether oxygens (including phenoxy) is 1. The molecular formula is C9H20N2O2. The quantitative estimate of drug-likeness (QED) is 0.614. The summed E-state index contributed by atoms with van der Waals surface area (Å²) in [6.07, 6.45) is 2.21. The number of amides is 2. The molecule has 13 heavy (non-hydrogen) atoms. The summed E-state index contributed by atoms with van der Waals surface area (Å²) < 4.78 is 5.43. The van der Waals surface area contributed by atoms with E-state index >= 15 is 0 Å². The summed E-state index contributed by atoms with van der Waals surface area (Å²) in [7, 11) is 1.60. The molecule has 0 rings (SSSR count). The van der Waals surface area contributed by atoms with Crippen molar-refractivity contribution in [1.82, 2.24) is 10.6 Å². The van der Waals surface area contributed by atoms with Crippen LogP contribution in [0.2, 0.25) is 0 Å². The van der Waals surface area contributed by atoms with Gasteiger partial charge < -0.3 is 15.4 Å². The highest BCUT2D eigenvalue weighted by Gasteiger charge is 1.98. The monoisotopic (exact) mass is 188 g/mol. The summed E-state index contributed by atoms with van der Waals surface area (Å²) in [4.78, 5) is 10.7. The number of carbonyl (C=O) groups is 1. The summed E-state index contributed by atoms with van der Waals surface area (Å²) in [6, 6.07) is -0.136. The van der Waals surface area contributed by atoms with Gasteiger partial charge in [-0.3, -0.25) is 0 Å². The van der Waals surface area contributed by atoms with Gasteiger partial charge in [-0.05, 0) is 19.8 Å². The molecule has 78 valence electrons. The lowest BCUT2D eigenvalue weighted by Crippen LogP contribution is -2.33. The Morgan fingerprint density at radius 1 is 1.54 bits per heavy atom. The third kappa shape index (κ3) is 7.59. The van der Waals surface area contributed by atoms with E-state index in [1.807, 2.05) is 6.92 Å². The fourth-order valence-electron chi connectivity index (χ4n) is 0.765. The predicted octanol–water partition coefficient (Wildman–Crippen LogP) is 1.12. The van der Waals surface area contributed by atoms with Crippen LogP contribution in [-0.4, -0.2) is 32.3 Å². The molecule has 4 heteroatoms. The minimum absolute atomic E-state index is 0.136. The van der Waals surface area contributed by atoms with Gasteiger partial charge in [-0.1, -0.05) is 6.92 Å². The van der Waals surface area contributed by atoms with Crippen LogP contribution >= 0.6 is 0 Å². The molecule has 0 aromatic rings. The Kier molecular flexibility index (Phi) is 7.39. The first-order valence-corrected chi connectivity index (χ1v) is 4.77. The molecule has 0 spiro atoms. The second kappa shape index (κ2) is 7.86. The fourth-order valence-corrected chi connectivity index (χ4v) is 0.765. The van der Waals surface area contributed by atoms with Gasteiger partial charge >= 0.3 is 6.03 Å². The Morgan fingerprint density at radius 2 is 2.23 bits per heavy atom. The zero-order valence-electron chi connectivity index (χ0n) is 8.72. The lowest BCUT2D eigenvalue weighted by Gasteiger charge is -2.10. The number of rotatable bonds is 6. The van der Waals surface area contributed by atoms with Gasteiger partial charge in [0.2, 0.25) is 0 Å². The molecule has 0 heterocycles. The van der Waals surface area contributed by atoms with E-state index in [4.69, 9.17) is 4.74 Å². The maximum Gasteiger partial charge on any atom is 0.314 e. The average Bonchev–Trinajstić information content (AvgIpc) is 2.16. The summed E-state index contributed by atoms with van der Waals surface area (Å²) >= 11 is 0. The molecule has 2 amide bonds.